The number of carbonyl (C=O) groups is 1. The Labute approximate surface area is 132 Å². The zero-order valence-corrected chi connectivity index (χ0v) is 13.2. The van der Waals surface area contributed by atoms with E-state index in [4.69, 9.17) is 16.3 Å². The molecule has 0 aliphatic carbocycles. The Balaban J connectivity index is 2.15. The summed E-state index contributed by atoms with van der Waals surface area (Å²) >= 11 is 6.07. The summed E-state index contributed by atoms with van der Waals surface area (Å²) in [6.45, 7) is 1.76. The lowest BCUT2D eigenvalue weighted by Crippen LogP contribution is -2.15. The number of carbonyl (C=O) groups excluding carboxylic acids is 1. The predicted octanol–water partition coefficient (Wildman–Crippen LogP) is 2.63. The molecule has 1 aliphatic rings. The molecule has 0 unspecified atom stereocenters. The van der Waals surface area contributed by atoms with E-state index >= 15 is 0 Å². The molecule has 0 bridgehead atoms. The van der Waals surface area contributed by atoms with Gasteiger partial charge >= 0.3 is 0 Å². The smallest absolute Gasteiger partial charge is 0.268 e. The van der Waals surface area contributed by atoms with Gasteiger partial charge in [0.2, 0.25) is 0 Å². The molecular weight excluding hydrogens is 326 g/mol. The molecule has 22 heavy (non-hydrogen) atoms. The van der Waals surface area contributed by atoms with Gasteiger partial charge in [-0.3, -0.25) is 4.79 Å². The minimum absolute atomic E-state index is 0.110. The molecule has 0 atom stereocenters. The summed E-state index contributed by atoms with van der Waals surface area (Å²) in [5.41, 5.74) is 1.12. The van der Waals surface area contributed by atoms with E-state index in [9.17, 15) is 13.2 Å². The summed E-state index contributed by atoms with van der Waals surface area (Å²) in [5, 5.41) is 0.205. The maximum Gasteiger partial charge on any atom is 0.268 e. The van der Waals surface area contributed by atoms with Crippen molar-refractivity contribution in [2.45, 2.75) is 11.8 Å². The van der Waals surface area contributed by atoms with Crippen LogP contribution in [0, 0.1) is 6.92 Å². The molecule has 1 aliphatic heterocycles. The number of aryl methyl sites for hydroxylation is 1. The average Bonchev–Trinajstić information content (AvgIpc) is 3.05. The van der Waals surface area contributed by atoms with E-state index in [1.807, 2.05) is 6.92 Å². The minimum atomic E-state index is -3.82. The Morgan fingerprint density at radius 3 is 2.45 bits per heavy atom. The van der Waals surface area contributed by atoms with Gasteiger partial charge in [0.1, 0.15) is 11.5 Å². The maximum atomic E-state index is 12.8. The Bertz CT molecular complexity index is 879. The van der Waals surface area contributed by atoms with Gasteiger partial charge in [-0.25, -0.2) is 12.4 Å². The number of nitrogens with zero attached hydrogens (tertiary/aromatic N) is 1. The third-order valence-corrected chi connectivity index (χ3v) is 5.27. The van der Waals surface area contributed by atoms with Crippen LogP contribution in [0.25, 0.3) is 5.76 Å². The van der Waals surface area contributed by atoms with Crippen molar-refractivity contribution in [3.05, 3.63) is 58.9 Å². The number of aromatic nitrogens is 1. The van der Waals surface area contributed by atoms with Crippen LogP contribution >= 0.6 is 11.6 Å². The normalized spacial score (nSPS) is 14.8. The van der Waals surface area contributed by atoms with E-state index < -0.39 is 10.0 Å². The number of benzene rings is 1. The van der Waals surface area contributed by atoms with Gasteiger partial charge < -0.3 is 4.74 Å². The average molecular weight is 338 g/mol. The van der Waals surface area contributed by atoms with Crippen LogP contribution in [0.15, 0.2) is 47.5 Å². The molecule has 0 radical (unpaired) electrons. The Hall–Kier alpha value is -2.05. The van der Waals surface area contributed by atoms with Gasteiger partial charge in [0, 0.05) is 12.3 Å². The number of ketones is 1. The van der Waals surface area contributed by atoms with Crippen molar-refractivity contribution in [1.82, 2.24) is 3.97 Å². The molecule has 7 heteroatoms. The van der Waals surface area contributed by atoms with Gasteiger partial charge in [0.05, 0.1) is 9.92 Å². The summed E-state index contributed by atoms with van der Waals surface area (Å²) in [7, 11) is -3.82. The highest BCUT2D eigenvalue weighted by molar-refractivity contribution is 7.90. The summed E-state index contributed by atoms with van der Waals surface area (Å²) in [6, 6.07) is 7.93. The lowest BCUT2D eigenvalue weighted by molar-refractivity contribution is -0.115. The highest BCUT2D eigenvalue weighted by Gasteiger charge is 2.27. The van der Waals surface area contributed by atoms with Gasteiger partial charge in [-0.15, -0.1) is 0 Å². The molecule has 0 spiro atoms. The number of ether oxygens (including phenoxy) is 1. The number of hydrogen-bond acceptors (Lipinski definition) is 4. The Morgan fingerprint density at radius 2 is 1.86 bits per heavy atom. The van der Waals surface area contributed by atoms with E-state index in [1.54, 1.807) is 12.1 Å². The second-order valence-electron chi connectivity index (χ2n) is 4.89. The standard InChI is InChI=1S/C15H12ClNO4S/c1-10-2-4-12(5-3-10)22(19,20)17-7-6-13(16)15(17)14-8-11(18)9-21-14/h2-8H,9H2,1H3. The molecule has 5 nitrogen and oxygen atoms in total. The zero-order valence-electron chi connectivity index (χ0n) is 11.6. The molecule has 3 rings (SSSR count). The van der Waals surface area contributed by atoms with Crippen LogP contribution in [0.1, 0.15) is 11.3 Å². The minimum Gasteiger partial charge on any atom is -0.483 e. The van der Waals surface area contributed by atoms with Crippen LogP contribution in [0.4, 0.5) is 0 Å². The highest BCUT2D eigenvalue weighted by atomic mass is 35.5. The quantitative estimate of drug-likeness (QED) is 0.863. The third kappa shape index (κ3) is 2.44. The fraction of sp³-hybridized carbons (Fsp3) is 0.133. The van der Waals surface area contributed by atoms with Gasteiger partial charge in [-0.05, 0) is 25.1 Å². The van der Waals surface area contributed by atoms with Crippen molar-refractivity contribution in [3.63, 3.8) is 0 Å². The van der Waals surface area contributed by atoms with E-state index in [2.05, 4.69) is 0 Å². The van der Waals surface area contributed by atoms with E-state index in [-0.39, 0.29) is 33.8 Å². The molecule has 0 saturated heterocycles. The zero-order chi connectivity index (χ0) is 15.9. The first-order chi connectivity index (χ1) is 10.4. The topological polar surface area (TPSA) is 65.4 Å². The first kappa shape index (κ1) is 14.9. The molecule has 2 aromatic rings. The van der Waals surface area contributed by atoms with Crippen molar-refractivity contribution in [2.24, 2.45) is 0 Å². The van der Waals surface area contributed by atoms with Crippen molar-refractivity contribution in [2.75, 3.05) is 6.61 Å². The van der Waals surface area contributed by atoms with Crippen molar-refractivity contribution >= 4 is 33.2 Å². The number of halogens is 1. The molecule has 1 aromatic carbocycles. The largest absolute Gasteiger partial charge is 0.483 e. The SMILES string of the molecule is Cc1ccc(S(=O)(=O)n2ccc(Cl)c2C2=CC(=O)CO2)cc1. The van der Waals surface area contributed by atoms with Gasteiger partial charge in [0.25, 0.3) is 10.0 Å². The van der Waals surface area contributed by atoms with E-state index in [0.717, 1.165) is 9.54 Å². The van der Waals surface area contributed by atoms with Crippen LogP contribution in [0.2, 0.25) is 5.02 Å². The molecule has 114 valence electrons. The maximum absolute atomic E-state index is 12.8. The summed E-state index contributed by atoms with van der Waals surface area (Å²) in [5.74, 6) is -0.0674. The van der Waals surface area contributed by atoms with Crippen LogP contribution in [0.3, 0.4) is 0 Å². The third-order valence-electron chi connectivity index (χ3n) is 3.28. The monoisotopic (exact) mass is 337 g/mol. The fourth-order valence-electron chi connectivity index (χ4n) is 2.16. The predicted molar refractivity (Wildman–Crippen MR) is 82.1 cm³/mol. The highest BCUT2D eigenvalue weighted by Crippen LogP contribution is 2.31. The summed E-state index contributed by atoms with van der Waals surface area (Å²) in [4.78, 5) is 11.5. The molecule has 2 heterocycles. The number of hydrogen-bond donors (Lipinski definition) is 0. The first-order valence-electron chi connectivity index (χ1n) is 6.46. The molecule has 0 amide bonds. The van der Waals surface area contributed by atoms with Crippen molar-refractivity contribution < 1.29 is 17.9 Å². The van der Waals surface area contributed by atoms with Crippen LogP contribution < -0.4 is 0 Å². The van der Waals surface area contributed by atoms with Crippen molar-refractivity contribution in [3.8, 4) is 0 Å². The first-order valence-corrected chi connectivity index (χ1v) is 8.28. The van der Waals surface area contributed by atoms with Crippen LogP contribution in [-0.2, 0) is 19.6 Å². The summed E-state index contributed by atoms with van der Waals surface area (Å²) in [6.07, 6.45) is 2.60. The van der Waals surface area contributed by atoms with Crippen LogP contribution in [0.5, 0.6) is 0 Å². The second kappa shape index (κ2) is 5.30. The van der Waals surface area contributed by atoms with Gasteiger partial charge in [0.15, 0.2) is 12.4 Å². The van der Waals surface area contributed by atoms with E-state index in [0.29, 0.717) is 0 Å². The molecule has 1 aromatic heterocycles. The Kier molecular flexibility index (Phi) is 3.58. The Morgan fingerprint density at radius 1 is 1.18 bits per heavy atom. The fourth-order valence-corrected chi connectivity index (χ4v) is 3.80. The lowest BCUT2D eigenvalue weighted by atomic mass is 10.2. The van der Waals surface area contributed by atoms with Gasteiger partial charge in [-0.1, -0.05) is 29.3 Å². The lowest BCUT2D eigenvalue weighted by Gasteiger charge is -2.11. The van der Waals surface area contributed by atoms with Crippen LogP contribution in [-0.4, -0.2) is 24.8 Å². The van der Waals surface area contributed by atoms with Crippen molar-refractivity contribution in [1.29, 1.82) is 0 Å². The second-order valence-corrected chi connectivity index (χ2v) is 7.11. The molecular formula is C15H12ClNO4S. The number of rotatable bonds is 3. The van der Waals surface area contributed by atoms with Gasteiger partial charge in [-0.2, -0.15) is 0 Å². The summed E-state index contributed by atoms with van der Waals surface area (Å²) < 4.78 is 31.8. The molecule has 0 fully saturated rings. The molecule has 0 N–H and O–H groups in total. The van der Waals surface area contributed by atoms with E-state index in [1.165, 1.54) is 30.5 Å². The molecule has 0 saturated carbocycles.